The van der Waals surface area contributed by atoms with Crippen LogP contribution in [0.1, 0.15) is 35.7 Å². The number of nitro benzene ring substituents is 1. The topological polar surface area (TPSA) is 63.5 Å². The van der Waals surface area contributed by atoms with Crippen LogP contribution < -0.4 is 0 Å². The van der Waals surface area contributed by atoms with Crippen LogP contribution in [0.15, 0.2) is 12.1 Å². The molecule has 0 aromatic heterocycles. The maximum absolute atomic E-state index is 14.0. The van der Waals surface area contributed by atoms with Crippen LogP contribution in [0.5, 0.6) is 0 Å². The van der Waals surface area contributed by atoms with E-state index in [4.69, 9.17) is 0 Å². The fourth-order valence-electron chi connectivity index (χ4n) is 2.12. The van der Waals surface area contributed by atoms with Crippen molar-refractivity contribution in [1.29, 1.82) is 0 Å². The van der Waals surface area contributed by atoms with Crippen LogP contribution in [0.25, 0.3) is 0 Å². The van der Waals surface area contributed by atoms with Gasteiger partial charge in [-0.15, -0.1) is 0 Å². The van der Waals surface area contributed by atoms with E-state index in [0.717, 1.165) is 25.0 Å². The molecule has 0 radical (unpaired) electrons. The second-order valence-electron chi connectivity index (χ2n) is 4.70. The number of aryl methyl sites for hydroxylation is 1. The van der Waals surface area contributed by atoms with Crippen molar-refractivity contribution in [2.75, 3.05) is 6.54 Å². The minimum atomic E-state index is -0.672. The summed E-state index contributed by atoms with van der Waals surface area (Å²) in [5.74, 6) is -1.14. The van der Waals surface area contributed by atoms with Crippen molar-refractivity contribution < 1.29 is 14.1 Å². The largest absolute Gasteiger partial charge is 0.336 e. The minimum absolute atomic E-state index is 0.115. The number of nitrogens with zero attached hydrogens (tertiary/aromatic N) is 2. The van der Waals surface area contributed by atoms with Crippen molar-refractivity contribution in [3.8, 4) is 0 Å². The van der Waals surface area contributed by atoms with E-state index in [0.29, 0.717) is 6.54 Å². The predicted octanol–water partition coefficient (Wildman–Crippen LogP) is 2.67. The first kappa shape index (κ1) is 13.5. The van der Waals surface area contributed by atoms with E-state index in [1.165, 1.54) is 6.92 Å². The van der Waals surface area contributed by atoms with Gasteiger partial charge in [-0.3, -0.25) is 14.9 Å². The average Bonchev–Trinajstić information content (AvgIpc) is 3.17. The van der Waals surface area contributed by atoms with E-state index in [1.54, 1.807) is 4.90 Å². The number of hydrogen-bond donors (Lipinski definition) is 0. The first-order valence-electron chi connectivity index (χ1n) is 6.21. The SMILES string of the molecule is CCN(C(=O)c1cc([N+](=O)[O-])cc(C)c1F)C1CC1. The van der Waals surface area contributed by atoms with Crippen molar-refractivity contribution in [1.82, 2.24) is 4.90 Å². The summed E-state index contributed by atoms with van der Waals surface area (Å²) in [6, 6.07) is 2.31. The third-order valence-electron chi connectivity index (χ3n) is 3.27. The molecule has 1 fully saturated rings. The Hall–Kier alpha value is -1.98. The number of nitro groups is 1. The Morgan fingerprint density at radius 1 is 1.53 bits per heavy atom. The molecule has 0 N–H and O–H groups in total. The van der Waals surface area contributed by atoms with Crippen molar-refractivity contribution >= 4 is 11.6 Å². The standard InChI is InChI=1S/C13H15FN2O3/c1-3-15(9-4-5-9)13(17)11-7-10(16(18)19)6-8(2)12(11)14/h6-7,9H,3-5H2,1-2H3. The average molecular weight is 266 g/mol. The molecule has 6 heteroatoms. The van der Waals surface area contributed by atoms with Crippen LogP contribution >= 0.6 is 0 Å². The van der Waals surface area contributed by atoms with Gasteiger partial charge < -0.3 is 4.90 Å². The van der Waals surface area contributed by atoms with Crippen LogP contribution in [0.4, 0.5) is 10.1 Å². The monoisotopic (exact) mass is 266 g/mol. The van der Waals surface area contributed by atoms with E-state index < -0.39 is 16.6 Å². The molecular formula is C13H15FN2O3. The van der Waals surface area contributed by atoms with E-state index >= 15 is 0 Å². The first-order chi connectivity index (χ1) is 8.95. The van der Waals surface area contributed by atoms with Gasteiger partial charge in [0.2, 0.25) is 0 Å². The molecule has 1 saturated carbocycles. The van der Waals surface area contributed by atoms with Gasteiger partial charge >= 0.3 is 0 Å². The zero-order valence-electron chi connectivity index (χ0n) is 10.9. The number of hydrogen-bond acceptors (Lipinski definition) is 3. The fraction of sp³-hybridized carbons (Fsp3) is 0.462. The quantitative estimate of drug-likeness (QED) is 0.621. The second kappa shape index (κ2) is 4.95. The highest BCUT2D eigenvalue weighted by Gasteiger charge is 2.33. The lowest BCUT2D eigenvalue weighted by Gasteiger charge is -2.20. The van der Waals surface area contributed by atoms with Crippen LogP contribution in [0.3, 0.4) is 0 Å². The number of non-ortho nitro benzene ring substituents is 1. The van der Waals surface area contributed by atoms with Crippen LogP contribution in [-0.2, 0) is 0 Å². The van der Waals surface area contributed by atoms with Gasteiger partial charge in [0.1, 0.15) is 5.82 Å². The Labute approximate surface area is 110 Å². The molecule has 5 nitrogen and oxygen atoms in total. The molecule has 2 rings (SSSR count). The molecule has 0 aliphatic heterocycles. The smallest absolute Gasteiger partial charge is 0.270 e. The third-order valence-corrected chi connectivity index (χ3v) is 3.27. The molecule has 0 spiro atoms. The zero-order valence-corrected chi connectivity index (χ0v) is 10.9. The number of carbonyl (C=O) groups is 1. The van der Waals surface area contributed by atoms with Crippen molar-refractivity contribution in [2.45, 2.75) is 32.7 Å². The predicted molar refractivity (Wildman–Crippen MR) is 67.5 cm³/mol. The maximum Gasteiger partial charge on any atom is 0.270 e. The van der Waals surface area contributed by atoms with E-state index in [9.17, 15) is 19.3 Å². The van der Waals surface area contributed by atoms with Crippen molar-refractivity contribution in [3.05, 3.63) is 39.2 Å². The van der Waals surface area contributed by atoms with Crippen molar-refractivity contribution in [3.63, 3.8) is 0 Å². The molecule has 0 unspecified atom stereocenters. The normalized spacial score (nSPS) is 14.3. The zero-order chi connectivity index (χ0) is 14.2. The lowest BCUT2D eigenvalue weighted by atomic mass is 10.1. The van der Waals surface area contributed by atoms with Gasteiger partial charge in [0.05, 0.1) is 10.5 Å². The summed E-state index contributed by atoms with van der Waals surface area (Å²) < 4.78 is 14.0. The van der Waals surface area contributed by atoms with Crippen molar-refractivity contribution in [2.24, 2.45) is 0 Å². The molecule has 0 saturated heterocycles. The second-order valence-corrected chi connectivity index (χ2v) is 4.70. The Bertz CT molecular complexity index is 541. The van der Waals surface area contributed by atoms with Gasteiger partial charge in [0.15, 0.2) is 0 Å². The first-order valence-corrected chi connectivity index (χ1v) is 6.21. The van der Waals surface area contributed by atoms with Gasteiger partial charge in [0.25, 0.3) is 11.6 Å². The lowest BCUT2D eigenvalue weighted by molar-refractivity contribution is -0.385. The van der Waals surface area contributed by atoms with Crippen LogP contribution in [-0.4, -0.2) is 28.3 Å². The molecule has 1 aromatic carbocycles. The third kappa shape index (κ3) is 2.57. The highest BCUT2D eigenvalue weighted by atomic mass is 19.1. The van der Waals surface area contributed by atoms with E-state index in [1.807, 2.05) is 6.92 Å². The Morgan fingerprint density at radius 3 is 2.63 bits per heavy atom. The molecule has 0 heterocycles. The number of benzene rings is 1. The summed E-state index contributed by atoms with van der Waals surface area (Å²) in [6.45, 7) is 3.72. The number of rotatable bonds is 4. The van der Waals surface area contributed by atoms with E-state index in [-0.39, 0.29) is 22.9 Å². The summed E-state index contributed by atoms with van der Waals surface area (Å²) >= 11 is 0. The minimum Gasteiger partial charge on any atom is -0.336 e. The molecule has 1 aliphatic rings. The number of amides is 1. The summed E-state index contributed by atoms with van der Waals surface area (Å²) in [4.78, 5) is 24.0. The van der Waals surface area contributed by atoms with Gasteiger partial charge in [-0.25, -0.2) is 4.39 Å². The van der Waals surface area contributed by atoms with Gasteiger partial charge in [-0.05, 0) is 32.3 Å². The van der Waals surface area contributed by atoms with E-state index in [2.05, 4.69) is 0 Å². The molecule has 1 aromatic rings. The van der Waals surface area contributed by atoms with Gasteiger partial charge in [-0.1, -0.05) is 0 Å². The molecular weight excluding hydrogens is 251 g/mol. The number of halogens is 1. The molecule has 0 bridgehead atoms. The highest BCUT2D eigenvalue weighted by Crippen LogP contribution is 2.30. The summed E-state index contributed by atoms with van der Waals surface area (Å²) in [7, 11) is 0. The molecule has 1 amide bonds. The van der Waals surface area contributed by atoms with Crippen LogP contribution in [0, 0.1) is 22.9 Å². The molecule has 1 aliphatic carbocycles. The maximum atomic E-state index is 14.0. The fourth-order valence-corrected chi connectivity index (χ4v) is 2.12. The molecule has 0 atom stereocenters. The Balaban J connectivity index is 2.42. The number of carbonyl (C=O) groups excluding carboxylic acids is 1. The highest BCUT2D eigenvalue weighted by molar-refractivity contribution is 5.95. The lowest BCUT2D eigenvalue weighted by Crippen LogP contribution is -2.33. The Morgan fingerprint density at radius 2 is 2.16 bits per heavy atom. The molecule has 102 valence electrons. The molecule has 19 heavy (non-hydrogen) atoms. The van der Waals surface area contributed by atoms with Gasteiger partial charge in [0, 0.05) is 24.7 Å². The summed E-state index contributed by atoms with van der Waals surface area (Å²) in [6.07, 6.45) is 1.82. The summed E-state index contributed by atoms with van der Waals surface area (Å²) in [5.41, 5.74) is -0.348. The Kier molecular flexibility index (Phi) is 3.50. The van der Waals surface area contributed by atoms with Crippen LogP contribution in [0.2, 0.25) is 0 Å². The summed E-state index contributed by atoms with van der Waals surface area (Å²) in [5, 5.41) is 10.8. The van der Waals surface area contributed by atoms with Gasteiger partial charge in [-0.2, -0.15) is 0 Å².